The average molecular weight is 312 g/mol. The van der Waals surface area contributed by atoms with Gasteiger partial charge < -0.3 is 10.1 Å². The van der Waals surface area contributed by atoms with Crippen molar-refractivity contribution in [2.75, 3.05) is 13.2 Å². The molecule has 1 fully saturated rings. The highest BCUT2D eigenvalue weighted by molar-refractivity contribution is 5.79. The second kappa shape index (κ2) is 11.0. The number of hydrogen-bond acceptors (Lipinski definition) is 2. The van der Waals surface area contributed by atoms with E-state index in [0.29, 0.717) is 0 Å². The van der Waals surface area contributed by atoms with Crippen LogP contribution in [0.15, 0.2) is 0 Å². The Morgan fingerprint density at radius 1 is 1.00 bits per heavy atom. The van der Waals surface area contributed by atoms with Crippen molar-refractivity contribution in [3.8, 4) is 0 Å². The molecule has 1 amide bonds. The van der Waals surface area contributed by atoms with E-state index in [1.165, 1.54) is 44.9 Å². The van der Waals surface area contributed by atoms with Crippen molar-refractivity contribution in [1.82, 2.24) is 5.32 Å². The van der Waals surface area contributed by atoms with Crippen LogP contribution in [0.3, 0.4) is 0 Å². The minimum absolute atomic E-state index is 0.0163. The van der Waals surface area contributed by atoms with Crippen LogP contribution in [0.5, 0.6) is 0 Å². The van der Waals surface area contributed by atoms with Crippen LogP contribution in [0.2, 0.25) is 0 Å². The van der Waals surface area contributed by atoms with Gasteiger partial charge in [-0.2, -0.15) is 0 Å². The first-order valence-corrected chi connectivity index (χ1v) is 9.51. The van der Waals surface area contributed by atoms with Crippen molar-refractivity contribution >= 4 is 5.91 Å². The molecule has 0 aromatic rings. The fourth-order valence-electron chi connectivity index (χ4n) is 3.29. The number of ether oxygens (including phenoxy) is 1. The Kier molecular flexibility index (Phi) is 9.77. The first kappa shape index (κ1) is 19.5. The van der Waals surface area contributed by atoms with Crippen molar-refractivity contribution in [3.63, 3.8) is 0 Å². The summed E-state index contributed by atoms with van der Waals surface area (Å²) >= 11 is 0. The van der Waals surface area contributed by atoms with Crippen molar-refractivity contribution in [2.45, 2.75) is 96.9 Å². The van der Waals surface area contributed by atoms with Gasteiger partial charge >= 0.3 is 0 Å². The van der Waals surface area contributed by atoms with E-state index in [1.807, 2.05) is 0 Å². The minimum Gasteiger partial charge on any atom is -0.381 e. The van der Waals surface area contributed by atoms with Gasteiger partial charge in [-0.05, 0) is 32.6 Å². The molecule has 1 saturated heterocycles. The zero-order valence-electron chi connectivity index (χ0n) is 15.1. The van der Waals surface area contributed by atoms with Crippen LogP contribution in [0.4, 0.5) is 0 Å². The van der Waals surface area contributed by atoms with E-state index in [1.54, 1.807) is 0 Å². The van der Waals surface area contributed by atoms with E-state index < -0.39 is 0 Å². The molecule has 0 aliphatic carbocycles. The number of carbonyl (C=O) groups excluding carboxylic acids is 1. The van der Waals surface area contributed by atoms with Gasteiger partial charge in [0.25, 0.3) is 0 Å². The summed E-state index contributed by atoms with van der Waals surface area (Å²) in [6.45, 7) is 8.20. The quantitative estimate of drug-likeness (QED) is 0.555. The molecule has 1 rings (SSSR count). The van der Waals surface area contributed by atoms with Gasteiger partial charge in [0, 0.05) is 24.7 Å². The molecular weight excluding hydrogens is 274 g/mol. The van der Waals surface area contributed by atoms with Crippen molar-refractivity contribution < 1.29 is 9.53 Å². The first-order chi connectivity index (χ1) is 10.6. The van der Waals surface area contributed by atoms with E-state index in [9.17, 15) is 4.79 Å². The fraction of sp³-hybridized carbons (Fsp3) is 0.947. The molecule has 0 spiro atoms. The van der Waals surface area contributed by atoms with Gasteiger partial charge in [0.05, 0.1) is 0 Å². The maximum absolute atomic E-state index is 12.5. The molecule has 1 aliphatic rings. The van der Waals surface area contributed by atoms with Crippen LogP contribution in [0.25, 0.3) is 0 Å². The van der Waals surface area contributed by atoms with E-state index in [-0.39, 0.29) is 17.4 Å². The lowest BCUT2D eigenvalue weighted by Gasteiger charge is -2.34. The molecule has 0 radical (unpaired) electrons. The molecule has 0 aromatic carbocycles. The summed E-state index contributed by atoms with van der Waals surface area (Å²) in [5.74, 6) is 0.422. The summed E-state index contributed by atoms with van der Waals surface area (Å²) in [6, 6.07) is 0. The highest BCUT2D eigenvalue weighted by atomic mass is 16.5. The molecule has 3 heteroatoms. The number of nitrogens with one attached hydrogen (secondary N) is 1. The SMILES string of the molecule is CCCCCCCC(C)(CCCC)NC(=O)C1CCOCC1. The third kappa shape index (κ3) is 7.62. The molecule has 22 heavy (non-hydrogen) atoms. The summed E-state index contributed by atoms with van der Waals surface area (Å²) in [5, 5.41) is 3.39. The van der Waals surface area contributed by atoms with Crippen molar-refractivity contribution in [2.24, 2.45) is 5.92 Å². The van der Waals surface area contributed by atoms with Crippen LogP contribution in [-0.4, -0.2) is 24.7 Å². The first-order valence-electron chi connectivity index (χ1n) is 9.51. The highest BCUT2D eigenvalue weighted by Gasteiger charge is 2.29. The average Bonchev–Trinajstić information content (AvgIpc) is 2.53. The number of rotatable bonds is 11. The molecule has 1 aliphatic heterocycles. The molecule has 1 atom stereocenters. The second-order valence-electron chi connectivity index (χ2n) is 7.20. The van der Waals surface area contributed by atoms with Gasteiger partial charge in [-0.15, -0.1) is 0 Å². The minimum atomic E-state index is -0.0163. The normalized spacial score (nSPS) is 18.9. The van der Waals surface area contributed by atoms with E-state index in [4.69, 9.17) is 4.74 Å². The van der Waals surface area contributed by atoms with Crippen LogP contribution in [-0.2, 0) is 9.53 Å². The fourth-order valence-corrected chi connectivity index (χ4v) is 3.29. The Hall–Kier alpha value is -0.570. The summed E-state index contributed by atoms with van der Waals surface area (Å²) in [5.41, 5.74) is -0.0163. The van der Waals surface area contributed by atoms with Crippen molar-refractivity contribution in [1.29, 1.82) is 0 Å². The Morgan fingerprint density at radius 3 is 2.23 bits per heavy atom. The van der Waals surface area contributed by atoms with Crippen LogP contribution in [0.1, 0.15) is 91.4 Å². The Morgan fingerprint density at radius 2 is 1.59 bits per heavy atom. The van der Waals surface area contributed by atoms with Gasteiger partial charge in [0.2, 0.25) is 5.91 Å². The van der Waals surface area contributed by atoms with E-state index in [2.05, 4.69) is 26.1 Å². The largest absolute Gasteiger partial charge is 0.381 e. The molecule has 130 valence electrons. The van der Waals surface area contributed by atoms with E-state index >= 15 is 0 Å². The third-order valence-corrected chi connectivity index (χ3v) is 4.93. The lowest BCUT2D eigenvalue weighted by Crippen LogP contribution is -2.49. The Labute approximate surface area is 137 Å². The highest BCUT2D eigenvalue weighted by Crippen LogP contribution is 2.24. The number of unbranched alkanes of at least 4 members (excludes halogenated alkanes) is 5. The zero-order valence-corrected chi connectivity index (χ0v) is 15.1. The molecule has 0 aromatic heterocycles. The van der Waals surface area contributed by atoms with Gasteiger partial charge in [-0.25, -0.2) is 0 Å². The summed E-state index contributed by atoms with van der Waals surface area (Å²) in [4.78, 5) is 12.5. The maximum atomic E-state index is 12.5. The zero-order chi connectivity index (χ0) is 16.3. The molecule has 0 bridgehead atoms. The number of carbonyl (C=O) groups is 1. The van der Waals surface area contributed by atoms with Gasteiger partial charge in [-0.3, -0.25) is 4.79 Å². The topological polar surface area (TPSA) is 38.3 Å². The number of hydrogen-bond donors (Lipinski definition) is 1. The van der Waals surface area contributed by atoms with Crippen molar-refractivity contribution in [3.05, 3.63) is 0 Å². The van der Waals surface area contributed by atoms with Gasteiger partial charge in [-0.1, -0.05) is 58.8 Å². The summed E-state index contributed by atoms with van der Waals surface area (Å²) < 4.78 is 5.37. The van der Waals surface area contributed by atoms with E-state index in [0.717, 1.165) is 38.9 Å². The van der Waals surface area contributed by atoms with Gasteiger partial charge in [0.1, 0.15) is 0 Å². The lowest BCUT2D eigenvalue weighted by atomic mass is 9.87. The summed E-state index contributed by atoms with van der Waals surface area (Å²) in [6.07, 6.45) is 12.8. The molecule has 1 unspecified atom stereocenters. The second-order valence-corrected chi connectivity index (χ2v) is 7.20. The Balaban J connectivity index is 2.44. The summed E-state index contributed by atoms with van der Waals surface area (Å²) in [7, 11) is 0. The standard InChI is InChI=1S/C19H37NO2/c1-4-6-8-9-10-14-19(3,13-7-5-2)20-18(21)17-11-15-22-16-12-17/h17H,4-16H2,1-3H3,(H,20,21). The van der Waals surface area contributed by atoms with Crippen LogP contribution < -0.4 is 5.32 Å². The monoisotopic (exact) mass is 311 g/mol. The molecule has 0 saturated carbocycles. The third-order valence-electron chi connectivity index (χ3n) is 4.93. The predicted octanol–water partition coefficient (Wildman–Crippen LogP) is 4.84. The lowest BCUT2D eigenvalue weighted by molar-refractivity contribution is -0.129. The van der Waals surface area contributed by atoms with Crippen LogP contribution in [0, 0.1) is 5.92 Å². The van der Waals surface area contributed by atoms with Crippen LogP contribution >= 0.6 is 0 Å². The molecule has 1 N–H and O–H groups in total. The Bertz CT molecular complexity index is 300. The molecule has 3 nitrogen and oxygen atoms in total. The number of amides is 1. The predicted molar refractivity (Wildman–Crippen MR) is 93.0 cm³/mol. The van der Waals surface area contributed by atoms with Gasteiger partial charge in [0.15, 0.2) is 0 Å². The smallest absolute Gasteiger partial charge is 0.223 e. The molecular formula is C19H37NO2. The maximum Gasteiger partial charge on any atom is 0.223 e. The molecule has 1 heterocycles.